The van der Waals surface area contributed by atoms with Crippen LogP contribution in [0.2, 0.25) is 0 Å². The molecule has 0 spiro atoms. The third-order valence-corrected chi connectivity index (χ3v) is 3.80. The number of aliphatic hydroxyl groups excluding tert-OH is 1. The average molecular weight is 341 g/mol. The second kappa shape index (κ2) is 8.92. The fraction of sp³-hybridized carbons (Fsp3) is 0.263. The fourth-order valence-electron chi connectivity index (χ4n) is 2.36. The van der Waals surface area contributed by atoms with Crippen LogP contribution >= 0.6 is 0 Å². The van der Waals surface area contributed by atoms with E-state index >= 15 is 0 Å². The second-order valence-electron chi connectivity index (χ2n) is 5.74. The summed E-state index contributed by atoms with van der Waals surface area (Å²) in [5, 5.41) is 20.4. The lowest BCUT2D eigenvalue weighted by Gasteiger charge is -2.15. The Hall–Kier alpha value is -2.75. The fourth-order valence-corrected chi connectivity index (χ4v) is 2.36. The minimum Gasteiger partial charge on any atom is -0.395 e. The van der Waals surface area contributed by atoms with E-state index in [1.165, 1.54) is 12.1 Å². The first kappa shape index (κ1) is 18.6. The molecular weight excluding hydrogens is 321 g/mol. The zero-order chi connectivity index (χ0) is 18.2. The monoisotopic (exact) mass is 341 g/mol. The molecule has 25 heavy (non-hydrogen) atoms. The SMILES string of the molecule is CN(CCO)CCc1cccc(C(=O)Nc2ccc(F)c(C#N)c2)c1. The summed E-state index contributed by atoms with van der Waals surface area (Å²) < 4.78 is 13.3. The van der Waals surface area contributed by atoms with Gasteiger partial charge in [0.25, 0.3) is 5.91 Å². The summed E-state index contributed by atoms with van der Waals surface area (Å²) in [6.07, 6.45) is 0.757. The maximum absolute atomic E-state index is 13.3. The van der Waals surface area contributed by atoms with Crippen LogP contribution in [0.5, 0.6) is 0 Å². The number of nitriles is 1. The smallest absolute Gasteiger partial charge is 0.255 e. The van der Waals surface area contributed by atoms with Crippen molar-refractivity contribution in [3.8, 4) is 6.07 Å². The van der Waals surface area contributed by atoms with Crippen LogP contribution in [0, 0.1) is 17.1 Å². The van der Waals surface area contributed by atoms with Crippen molar-refractivity contribution in [1.82, 2.24) is 4.90 Å². The first-order valence-corrected chi connectivity index (χ1v) is 7.93. The molecule has 0 aliphatic carbocycles. The van der Waals surface area contributed by atoms with E-state index in [1.807, 2.05) is 24.1 Å². The van der Waals surface area contributed by atoms with E-state index in [-0.39, 0.29) is 18.1 Å². The number of amides is 1. The molecule has 1 amide bonds. The van der Waals surface area contributed by atoms with Gasteiger partial charge in [0.2, 0.25) is 0 Å². The van der Waals surface area contributed by atoms with Crippen LogP contribution < -0.4 is 5.32 Å². The van der Waals surface area contributed by atoms with Crippen LogP contribution in [0.4, 0.5) is 10.1 Å². The summed E-state index contributed by atoms with van der Waals surface area (Å²) in [7, 11) is 1.92. The largest absolute Gasteiger partial charge is 0.395 e. The number of nitrogens with one attached hydrogen (secondary N) is 1. The van der Waals surface area contributed by atoms with Crippen molar-refractivity contribution < 1.29 is 14.3 Å². The minimum absolute atomic E-state index is 0.112. The van der Waals surface area contributed by atoms with Gasteiger partial charge in [-0.25, -0.2) is 4.39 Å². The molecule has 0 bridgehead atoms. The highest BCUT2D eigenvalue weighted by Gasteiger charge is 2.09. The Kier molecular flexibility index (Phi) is 6.63. The number of aliphatic hydroxyl groups is 1. The van der Waals surface area contributed by atoms with E-state index in [0.29, 0.717) is 17.8 Å². The standard InChI is InChI=1S/C19H20FN3O2/c1-23(9-10-24)8-7-14-3-2-4-15(11-14)19(25)22-17-5-6-18(20)16(12-17)13-21/h2-6,11-12,24H,7-10H2,1H3,(H,22,25). The first-order valence-electron chi connectivity index (χ1n) is 7.93. The highest BCUT2D eigenvalue weighted by atomic mass is 19.1. The lowest BCUT2D eigenvalue weighted by atomic mass is 10.1. The third-order valence-electron chi connectivity index (χ3n) is 3.80. The van der Waals surface area contributed by atoms with Crippen LogP contribution in [0.25, 0.3) is 0 Å². The van der Waals surface area contributed by atoms with Gasteiger partial charge in [0.1, 0.15) is 11.9 Å². The summed E-state index contributed by atoms with van der Waals surface area (Å²) >= 11 is 0. The van der Waals surface area contributed by atoms with Crippen LogP contribution in [0.15, 0.2) is 42.5 Å². The average Bonchev–Trinajstić information content (AvgIpc) is 2.62. The van der Waals surface area contributed by atoms with Crippen molar-refractivity contribution in [2.45, 2.75) is 6.42 Å². The number of rotatable bonds is 7. The van der Waals surface area contributed by atoms with E-state index in [4.69, 9.17) is 10.4 Å². The molecule has 0 aliphatic rings. The highest BCUT2D eigenvalue weighted by molar-refractivity contribution is 6.04. The Bertz CT molecular complexity index is 786. The number of nitrogens with zero attached hydrogens (tertiary/aromatic N) is 2. The third kappa shape index (κ3) is 5.38. The summed E-state index contributed by atoms with van der Waals surface area (Å²) in [6, 6.07) is 12.9. The Morgan fingerprint density at radius 1 is 1.28 bits per heavy atom. The van der Waals surface area contributed by atoms with E-state index in [1.54, 1.807) is 18.2 Å². The summed E-state index contributed by atoms with van der Waals surface area (Å²) in [4.78, 5) is 14.4. The predicted octanol–water partition coefficient (Wildman–Crippen LogP) is 2.42. The Balaban J connectivity index is 2.05. The number of anilines is 1. The van der Waals surface area contributed by atoms with Gasteiger partial charge in [-0.3, -0.25) is 4.79 Å². The molecule has 6 heteroatoms. The van der Waals surface area contributed by atoms with Gasteiger partial charge in [-0.05, 0) is 49.4 Å². The number of benzene rings is 2. The van der Waals surface area contributed by atoms with Crippen LogP contribution in [-0.2, 0) is 6.42 Å². The van der Waals surface area contributed by atoms with Gasteiger partial charge in [-0.2, -0.15) is 5.26 Å². The molecule has 0 aliphatic heterocycles. The van der Waals surface area contributed by atoms with Crippen LogP contribution in [0.3, 0.4) is 0 Å². The zero-order valence-electron chi connectivity index (χ0n) is 14.0. The first-order chi connectivity index (χ1) is 12.0. The lowest BCUT2D eigenvalue weighted by Crippen LogP contribution is -2.24. The molecule has 2 aromatic carbocycles. The van der Waals surface area contributed by atoms with E-state index < -0.39 is 5.82 Å². The molecule has 0 saturated heterocycles. The van der Waals surface area contributed by atoms with Crippen molar-refractivity contribution in [1.29, 1.82) is 5.26 Å². The number of carbonyl (C=O) groups excluding carboxylic acids is 1. The topological polar surface area (TPSA) is 76.4 Å². The zero-order valence-corrected chi connectivity index (χ0v) is 14.0. The number of hydrogen-bond acceptors (Lipinski definition) is 4. The highest BCUT2D eigenvalue weighted by Crippen LogP contribution is 2.15. The molecule has 2 rings (SSSR count). The van der Waals surface area contributed by atoms with Gasteiger partial charge in [0.15, 0.2) is 0 Å². The van der Waals surface area contributed by atoms with Crippen LogP contribution in [-0.4, -0.2) is 42.7 Å². The Morgan fingerprint density at radius 2 is 2.08 bits per heavy atom. The molecule has 0 atom stereocenters. The molecule has 0 heterocycles. The summed E-state index contributed by atoms with van der Waals surface area (Å²) in [5.74, 6) is -0.935. The van der Waals surface area contributed by atoms with Gasteiger partial charge in [-0.15, -0.1) is 0 Å². The Morgan fingerprint density at radius 3 is 2.80 bits per heavy atom. The summed E-state index contributed by atoms with van der Waals surface area (Å²) in [5.41, 5.74) is 1.76. The molecule has 0 radical (unpaired) electrons. The number of hydrogen-bond donors (Lipinski definition) is 2. The van der Waals surface area contributed by atoms with Gasteiger partial charge >= 0.3 is 0 Å². The van der Waals surface area contributed by atoms with Crippen molar-refractivity contribution in [2.75, 3.05) is 32.1 Å². The van der Waals surface area contributed by atoms with Crippen molar-refractivity contribution in [3.63, 3.8) is 0 Å². The number of carbonyl (C=O) groups is 1. The van der Waals surface area contributed by atoms with Gasteiger partial charge < -0.3 is 15.3 Å². The van der Waals surface area contributed by atoms with E-state index in [9.17, 15) is 9.18 Å². The van der Waals surface area contributed by atoms with Crippen molar-refractivity contribution >= 4 is 11.6 Å². The lowest BCUT2D eigenvalue weighted by molar-refractivity contribution is 0.102. The van der Waals surface area contributed by atoms with Crippen LogP contribution in [0.1, 0.15) is 21.5 Å². The predicted molar refractivity (Wildman–Crippen MR) is 93.8 cm³/mol. The minimum atomic E-state index is -0.616. The van der Waals surface area contributed by atoms with Gasteiger partial charge in [0.05, 0.1) is 12.2 Å². The molecule has 0 aromatic heterocycles. The normalized spacial score (nSPS) is 10.5. The van der Waals surface area contributed by atoms with Crippen molar-refractivity contribution in [2.24, 2.45) is 0 Å². The van der Waals surface area contributed by atoms with E-state index in [0.717, 1.165) is 24.6 Å². The maximum Gasteiger partial charge on any atom is 0.255 e. The maximum atomic E-state index is 13.3. The molecule has 0 fully saturated rings. The van der Waals surface area contributed by atoms with Gasteiger partial charge in [-0.1, -0.05) is 12.1 Å². The molecule has 0 unspecified atom stereocenters. The quantitative estimate of drug-likeness (QED) is 0.811. The van der Waals surface area contributed by atoms with Gasteiger partial charge in [0, 0.05) is 24.3 Å². The molecule has 0 saturated carbocycles. The summed E-state index contributed by atoms with van der Waals surface area (Å²) in [6.45, 7) is 1.49. The van der Waals surface area contributed by atoms with E-state index in [2.05, 4.69) is 5.32 Å². The van der Waals surface area contributed by atoms with Crippen molar-refractivity contribution in [3.05, 3.63) is 65.0 Å². The Labute approximate surface area is 146 Å². The molecule has 2 aromatic rings. The number of likely N-dealkylation sites (N-methyl/N-ethyl adjacent to an activating group) is 1. The molecule has 2 N–H and O–H groups in total. The second-order valence-corrected chi connectivity index (χ2v) is 5.74. The molecule has 5 nitrogen and oxygen atoms in total. The molecule has 130 valence electrons. The number of halogens is 1. The molecular formula is C19H20FN3O2.